The highest BCUT2D eigenvalue weighted by Gasteiger charge is 2.06. The first-order chi connectivity index (χ1) is 7.79. The van der Waals surface area contributed by atoms with Crippen LogP contribution in [0.3, 0.4) is 0 Å². The van der Waals surface area contributed by atoms with Gasteiger partial charge in [0.2, 0.25) is 0 Å². The van der Waals surface area contributed by atoms with E-state index >= 15 is 0 Å². The highest BCUT2D eigenvalue weighted by atomic mass is 32.1. The van der Waals surface area contributed by atoms with E-state index in [-0.39, 0.29) is 0 Å². The van der Waals surface area contributed by atoms with Gasteiger partial charge in [-0.2, -0.15) is 11.3 Å². The fraction of sp³-hybridized carbons (Fsp3) is 0.417. The van der Waals surface area contributed by atoms with Gasteiger partial charge in [0.1, 0.15) is 0 Å². The Morgan fingerprint density at radius 2 is 2.38 bits per heavy atom. The Hall–Kier alpha value is -0.710. The van der Waals surface area contributed by atoms with Crippen LogP contribution in [0.4, 0.5) is 0 Å². The third kappa shape index (κ3) is 2.90. The topological polar surface area (TPSA) is 24.9 Å². The molecule has 1 unspecified atom stereocenters. The summed E-state index contributed by atoms with van der Waals surface area (Å²) in [5, 5.41) is 9.05. The van der Waals surface area contributed by atoms with Crippen molar-refractivity contribution in [3.05, 3.63) is 38.5 Å². The fourth-order valence-corrected chi connectivity index (χ4v) is 3.05. The largest absolute Gasteiger partial charge is 0.305 e. The van der Waals surface area contributed by atoms with Crippen LogP contribution >= 0.6 is 22.7 Å². The lowest BCUT2D eigenvalue weighted by molar-refractivity contribution is 0.580. The van der Waals surface area contributed by atoms with E-state index in [4.69, 9.17) is 0 Å². The molecule has 0 amide bonds. The van der Waals surface area contributed by atoms with Crippen LogP contribution in [0.2, 0.25) is 0 Å². The predicted octanol–water partition coefficient (Wildman–Crippen LogP) is 3.62. The second-order valence-electron chi connectivity index (χ2n) is 3.73. The first kappa shape index (κ1) is 11.8. The van der Waals surface area contributed by atoms with Crippen LogP contribution in [-0.4, -0.2) is 4.98 Å². The Bertz CT molecular complexity index is 420. The summed E-state index contributed by atoms with van der Waals surface area (Å²) >= 11 is 3.55. The lowest BCUT2D eigenvalue weighted by Crippen LogP contribution is -2.16. The molecule has 0 saturated carbocycles. The molecule has 2 aromatic rings. The van der Waals surface area contributed by atoms with E-state index in [9.17, 15) is 0 Å². The van der Waals surface area contributed by atoms with E-state index in [1.807, 2.05) is 6.20 Å². The molecule has 0 bridgehead atoms. The first-order valence-corrected chi connectivity index (χ1v) is 7.24. The van der Waals surface area contributed by atoms with Crippen molar-refractivity contribution in [2.45, 2.75) is 32.9 Å². The second kappa shape index (κ2) is 5.57. The van der Waals surface area contributed by atoms with Crippen molar-refractivity contribution in [2.24, 2.45) is 0 Å². The van der Waals surface area contributed by atoms with Crippen LogP contribution in [0.5, 0.6) is 0 Å². The third-order valence-corrected chi connectivity index (χ3v) is 4.37. The van der Waals surface area contributed by atoms with Gasteiger partial charge in [0.05, 0.1) is 5.01 Å². The SMILES string of the molecule is CCc1ncc(CNC(C)c2ccsc2)s1. The number of thiazole rings is 1. The molecule has 0 aromatic carbocycles. The number of aromatic nitrogens is 1. The van der Waals surface area contributed by atoms with Crippen molar-refractivity contribution in [2.75, 3.05) is 0 Å². The van der Waals surface area contributed by atoms with Gasteiger partial charge < -0.3 is 5.32 Å². The highest BCUT2D eigenvalue weighted by molar-refractivity contribution is 7.11. The zero-order valence-electron chi connectivity index (χ0n) is 9.56. The third-order valence-electron chi connectivity index (χ3n) is 2.53. The van der Waals surface area contributed by atoms with Crippen LogP contribution in [-0.2, 0) is 13.0 Å². The van der Waals surface area contributed by atoms with Crippen LogP contribution < -0.4 is 5.32 Å². The maximum atomic E-state index is 4.36. The molecular formula is C12H16N2S2. The summed E-state index contributed by atoms with van der Waals surface area (Å²) in [6.45, 7) is 5.25. The number of nitrogens with zero attached hydrogens (tertiary/aromatic N) is 1. The van der Waals surface area contributed by atoms with Gasteiger partial charge in [-0.1, -0.05) is 6.92 Å². The molecule has 1 atom stereocenters. The first-order valence-electron chi connectivity index (χ1n) is 5.48. The van der Waals surface area contributed by atoms with Gasteiger partial charge >= 0.3 is 0 Å². The minimum Gasteiger partial charge on any atom is -0.305 e. The van der Waals surface area contributed by atoms with E-state index in [1.54, 1.807) is 22.7 Å². The Balaban J connectivity index is 1.87. The van der Waals surface area contributed by atoms with Gasteiger partial charge in [0, 0.05) is 23.7 Å². The summed E-state index contributed by atoms with van der Waals surface area (Å²) in [6.07, 6.45) is 3.02. The van der Waals surface area contributed by atoms with E-state index in [2.05, 4.69) is 41.0 Å². The summed E-state index contributed by atoms with van der Waals surface area (Å²) in [5.74, 6) is 0. The molecular weight excluding hydrogens is 236 g/mol. The standard InChI is InChI=1S/C12H16N2S2/c1-3-12-14-7-11(16-12)6-13-9(2)10-4-5-15-8-10/h4-5,7-9,13H,3,6H2,1-2H3. The highest BCUT2D eigenvalue weighted by Crippen LogP contribution is 2.18. The van der Waals surface area contributed by atoms with Crippen molar-refractivity contribution in [3.63, 3.8) is 0 Å². The molecule has 2 aromatic heterocycles. The fourth-order valence-electron chi connectivity index (χ4n) is 1.49. The maximum absolute atomic E-state index is 4.36. The van der Waals surface area contributed by atoms with Crippen molar-refractivity contribution in [1.82, 2.24) is 10.3 Å². The van der Waals surface area contributed by atoms with Crippen molar-refractivity contribution in [1.29, 1.82) is 0 Å². The lowest BCUT2D eigenvalue weighted by Gasteiger charge is -2.10. The Morgan fingerprint density at radius 1 is 1.50 bits per heavy atom. The molecule has 0 aliphatic rings. The van der Waals surface area contributed by atoms with Crippen molar-refractivity contribution in [3.8, 4) is 0 Å². The number of hydrogen-bond acceptors (Lipinski definition) is 4. The average Bonchev–Trinajstić information content (AvgIpc) is 2.96. The molecule has 16 heavy (non-hydrogen) atoms. The summed E-state index contributed by atoms with van der Waals surface area (Å²) in [4.78, 5) is 5.67. The molecule has 0 aliphatic carbocycles. The molecule has 86 valence electrons. The van der Waals surface area contributed by atoms with Gasteiger partial charge in [0.25, 0.3) is 0 Å². The van der Waals surface area contributed by atoms with Crippen LogP contribution in [0.15, 0.2) is 23.0 Å². The van der Waals surface area contributed by atoms with E-state index in [0.29, 0.717) is 6.04 Å². The monoisotopic (exact) mass is 252 g/mol. The van der Waals surface area contributed by atoms with Gasteiger partial charge in [-0.15, -0.1) is 11.3 Å². The van der Waals surface area contributed by atoms with Gasteiger partial charge in [-0.25, -0.2) is 4.98 Å². The van der Waals surface area contributed by atoms with Gasteiger partial charge in [-0.05, 0) is 35.7 Å². The lowest BCUT2D eigenvalue weighted by atomic mass is 10.2. The molecule has 0 fully saturated rings. The van der Waals surface area contributed by atoms with E-state index in [1.165, 1.54) is 15.4 Å². The molecule has 0 radical (unpaired) electrons. The smallest absolute Gasteiger partial charge is 0.0925 e. The Labute approximate surface area is 104 Å². The zero-order chi connectivity index (χ0) is 11.4. The molecule has 2 rings (SSSR count). The van der Waals surface area contributed by atoms with Crippen LogP contribution in [0, 0.1) is 0 Å². The molecule has 0 aliphatic heterocycles. The minimum atomic E-state index is 0.415. The van der Waals surface area contributed by atoms with Crippen molar-refractivity contribution < 1.29 is 0 Å². The molecule has 2 heterocycles. The normalized spacial score (nSPS) is 12.9. The van der Waals surface area contributed by atoms with Crippen LogP contribution in [0.1, 0.15) is 35.3 Å². The van der Waals surface area contributed by atoms with Crippen molar-refractivity contribution >= 4 is 22.7 Å². The minimum absolute atomic E-state index is 0.415. The maximum Gasteiger partial charge on any atom is 0.0925 e. The average molecular weight is 252 g/mol. The zero-order valence-corrected chi connectivity index (χ0v) is 11.2. The summed E-state index contributed by atoms with van der Waals surface area (Å²) < 4.78 is 0. The number of hydrogen-bond donors (Lipinski definition) is 1. The Kier molecular flexibility index (Phi) is 4.09. The molecule has 4 heteroatoms. The van der Waals surface area contributed by atoms with E-state index in [0.717, 1.165) is 13.0 Å². The molecule has 1 N–H and O–H groups in total. The summed E-state index contributed by atoms with van der Waals surface area (Å²) in [6, 6.07) is 2.59. The molecule has 2 nitrogen and oxygen atoms in total. The number of thiophene rings is 1. The van der Waals surface area contributed by atoms with Crippen LogP contribution in [0.25, 0.3) is 0 Å². The van der Waals surface area contributed by atoms with Gasteiger partial charge in [0.15, 0.2) is 0 Å². The number of rotatable bonds is 5. The van der Waals surface area contributed by atoms with Gasteiger partial charge in [-0.3, -0.25) is 0 Å². The predicted molar refractivity (Wildman–Crippen MR) is 71.1 cm³/mol. The number of nitrogens with one attached hydrogen (secondary N) is 1. The number of aryl methyl sites for hydroxylation is 1. The quantitative estimate of drug-likeness (QED) is 0.879. The summed E-state index contributed by atoms with van der Waals surface area (Å²) in [7, 11) is 0. The molecule has 0 spiro atoms. The van der Waals surface area contributed by atoms with E-state index < -0.39 is 0 Å². The second-order valence-corrected chi connectivity index (χ2v) is 5.71. The molecule has 0 saturated heterocycles. The summed E-state index contributed by atoms with van der Waals surface area (Å²) in [5.41, 5.74) is 1.37. The Morgan fingerprint density at radius 3 is 3.00 bits per heavy atom.